The minimum Gasteiger partial charge on any atom is -0.475 e. The number of aromatic amines is 1. The van der Waals surface area contributed by atoms with E-state index in [4.69, 9.17) is 25.8 Å². The van der Waals surface area contributed by atoms with Gasteiger partial charge in [0.1, 0.15) is 5.84 Å². The molecule has 1 fully saturated rings. The lowest BCUT2D eigenvalue weighted by atomic mass is 9.89. The Kier molecular flexibility index (Phi) is 10.2. The summed E-state index contributed by atoms with van der Waals surface area (Å²) in [5.74, 6) is -3.82. The number of amides is 1. The molecule has 0 bridgehead atoms. The minimum atomic E-state index is -5.08. The molecule has 0 saturated carbocycles. The van der Waals surface area contributed by atoms with E-state index in [2.05, 4.69) is 4.98 Å². The number of nitrogen functional groups attached to an aromatic ring is 1. The van der Waals surface area contributed by atoms with Gasteiger partial charge in [0.15, 0.2) is 0 Å². The fourth-order valence-electron chi connectivity index (χ4n) is 4.67. The molecule has 1 aromatic heterocycles. The lowest BCUT2D eigenvalue weighted by Gasteiger charge is -2.30. The number of likely N-dealkylation sites (tertiary alicyclic amines) is 1. The normalized spacial score (nSPS) is 15.2. The van der Waals surface area contributed by atoms with Gasteiger partial charge in [-0.2, -0.15) is 13.2 Å². The first kappa shape index (κ1) is 31.6. The second-order valence-corrected chi connectivity index (χ2v) is 9.48. The minimum absolute atomic E-state index is 0.0375. The first-order chi connectivity index (χ1) is 19.8. The number of rotatable bonds is 7. The van der Waals surface area contributed by atoms with Crippen molar-refractivity contribution in [2.75, 3.05) is 13.7 Å². The van der Waals surface area contributed by atoms with Gasteiger partial charge in [-0.25, -0.2) is 4.79 Å². The molecule has 0 aliphatic carbocycles. The van der Waals surface area contributed by atoms with E-state index < -0.39 is 18.1 Å². The average Bonchev–Trinajstić information content (AvgIpc) is 3.45. The summed E-state index contributed by atoms with van der Waals surface area (Å²) in [4.78, 5) is 50.9. The van der Waals surface area contributed by atoms with Crippen molar-refractivity contribution in [3.05, 3.63) is 93.9 Å². The van der Waals surface area contributed by atoms with Crippen molar-refractivity contribution in [2.45, 2.75) is 31.5 Å². The zero-order valence-corrected chi connectivity index (χ0v) is 22.5. The number of amidine groups is 1. The van der Waals surface area contributed by atoms with Gasteiger partial charge in [-0.3, -0.25) is 19.8 Å². The van der Waals surface area contributed by atoms with Crippen molar-refractivity contribution in [3.63, 3.8) is 0 Å². The number of aromatic nitrogens is 1. The number of halogens is 3. The summed E-state index contributed by atoms with van der Waals surface area (Å²) >= 11 is 0. The van der Waals surface area contributed by atoms with Crippen molar-refractivity contribution in [1.29, 1.82) is 5.41 Å². The van der Waals surface area contributed by atoms with Crippen molar-refractivity contribution in [1.82, 2.24) is 9.88 Å². The molecular formula is C29H29F3N4O6. The maximum Gasteiger partial charge on any atom is 0.490 e. The molecule has 10 nitrogen and oxygen atoms in total. The average molecular weight is 587 g/mol. The van der Waals surface area contributed by atoms with Gasteiger partial charge < -0.3 is 25.5 Å². The molecule has 2 atom stereocenters. The maximum absolute atomic E-state index is 13.4. The first-order valence-corrected chi connectivity index (χ1v) is 12.7. The summed E-state index contributed by atoms with van der Waals surface area (Å²) in [6, 6.07) is 17.4. The summed E-state index contributed by atoms with van der Waals surface area (Å²) in [6.45, 7) is 0.562. The molecule has 222 valence electrons. The largest absolute Gasteiger partial charge is 0.490 e. The maximum atomic E-state index is 13.4. The van der Waals surface area contributed by atoms with Crippen LogP contribution >= 0.6 is 0 Å². The Bertz CT molecular complexity index is 1480. The van der Waals surface area contributed by atoms with Crippen LogP contribution in [0.3, 0.4) is 0 Å². The number of ether oxygens (including phenoxy) is 1. The molecule has 5 N–H and O–H groups in total. The van der Waals surface area contributed by atoms with E-state index in [0.717, 1.165) is 23.1 Å². The smallest absolute Gasteiger partial charge is 0.475 e. The standard InChI is InChI=1S/C27H28N4O4.C2HF3O2/c1-35-27(34)22(15-17-4-2-5-20(14-17)25(28)29)23-6-3-13-31(23)26(33)19-9-7-18(8-10-19)21-11-12-24(32)30-16-21;3-2(4,5)1(6)7/h2,4-5,7-12,14,16,22-23H,3,6,13,15H2,1H3,(H3,28,29)(H,30,32);(H,6,7)/t22-,23?;/m1./s1. The topological polar surface area (TPSA) is 167 Å². The van der Waals surface area contributed by atoms with E-state index >= 15 is 0 Å². The molecule has 1 unspecified atom stereocenters. The lowest BCUT2D eigenvalue weighted by Crippen LogP contribution is -2.44. The molecule has 1 saturated heterocycles. The number of nitrogens with two attached hydrogens (primary N) is 1. The number of carbonyl (C=O) groups excluding carboxylic acids is 2. The predicted molar refractivity (Wildman–Crippen MR) is 147 cm³/mol. The number of alkyl halides is 3. The third-order valence-corrected chi connectivity index (χ3v) is 6.71. The van der Waals surface area contributed by atoms with Gasteiger partial charge in [-0.05, 0) is 60.2 Å². The number of methoxy groups -OCH3 is 1. The fraction of sp³-hybridized carbons (Fsp3) is 0.276. The molecule has 2 aromatic carbocycles. The summed E-state index contributed by atoms with van der Waals surface area (Å²) in [7, 11) is 1.36. The number of nitrogens with one attached hydrogen (secondary N) is 2. The zero-order chi connectivity index (χ0) is 31.0. The number of benzene rings is 2. The molecule has 13 heteroatoms. The van der Waals surface area contributed by atoms with Crippen molar-refractivity contribution in [2.24, 2.45) is 11.7 Å². The Balaban J connectivity index is 0.000000616. The van der Waals surface area contributed by atoms with E-state index in [1.165, 1.54) is 13.2 Å². The Hall–Kier alpha value is -4.94. The number of aliphatic carboxylic acids is 1. The number of nitrogens with zero attached hydrogens (tertiary/aromatic N) is 1. The number of pyridine rings is 1. The number of carboxylic acid groups (broad SMARTS) is 1. The van der Waals surface area contributed by atoms with E-state index in [-0.39, 0.29) is 29.3 Å². The van der Waals surface area contributed by atoms with Gasteiger partial charge >= 0.3 is 18.1 Å². The lowest BCUT2D eigenvalue weighted by molar-refractivity contribution is -0.192. The Morgan fingerprint density at radius 1 is 1.10 bits per heavy atom. The van der Waals surface area contributed by atoms with E-state index in [0.29, 0.717) is 30.5 Å². The van der Waals surface area contributed by atoms with E-state index in [1.807, 2.05) is 24.3 Å². The van der Waals surface area contributed by atoms with Gasteiger partial charge in [0, 0.05) is 36.0 Å². The molecule has 2 heterocycles. The summed E-state index contributed by atoms with van der Waals surface area (Å²) in [5.41, 5.74) is 9.17. The molecule has 1 amide bonds. The third-order valence-electron chi connectivity index (χ3n) is 6.71. The molecule has 42 heavy (non-hydrogen) atoms. The molecule has 0 radical (unpaired) electrons. The SMILES string of the molecule is COC(=O)[C@H](Cc1cccc(C(=N)N)c1)C1CCCN1C(=O)c1ccc(-c2ccc(=O)[nH]c2)cc1.O=C(O)C(F)(F)F. The van der Waals surface area contributed by atoms with Crippen LogP contribution in [0.1, 0.15) is 34.3 Å². The number of carbonyl (C=O) groups is 3. The number of hydrogen-bond acceptors (Lipinski definition) is 6. The highest BCUT2D eigenvalue weighted by molar-refractivity contribution is 5.96. The second kappa shape index (κ2) is 13.6. The Morgan fingerprint density at radius 2 is 1.74 bits per heavy atom. The van der Waals surface area contributed by atoms with Crippen LogP contribution in [0.4, 0.5) is 13.2 Å². The highest BCUT2D eigenvalue weighted by Crippen LogP contribution is 2.30. The van der Waals surface area contributed by atoms with Crippen molar-refractivity contribution < 1.29 is 37.4 Å². The second-order valence-electron chi connectivity index (χ2n) is 9.48. The van der Waals surface area contributed by atoms with Crippen LogP contribution in [0, 0.1) is 11.3 Å². The predicted octanol–water partition coefficient (Wildman–Crippen LogP) is 3.60. The number of hydrogen-bond donors (Lipinski definition) is 4. The van der Waals surface area contributed by atoms with Crippen molar-refractivity contribution >= 4 is 23.7 Å². The zero-order valence-electron chi connectivity index (χ0n) is 22.5. The molecule has 0 spiro atoms. The van der Waals surface area contributed by atoms with Crippen LogP contribution in [0.5, 0.6) is 0 Å². The highest BCUT2D eigenvalue weighted by atomic mass is 19.4. The van der Waals surface area contributed by atoms with Crippen LogP contribution in [-0.2, 0) is 20.7 Å². The number of H-pyrrole nitrogens is 1. The van der Waals surface area contributed by atoms with Crippen LogP contribution in [0.2, 0.25) is 0 Å². The van der Waals surface area contributed by atoms with Gasteiger partial charge in [-0.1, -0.05) is 30.3 Å². The van der Waals surface area contributed by atoms with Gasteiger partial charge in [0.2, 0.25) is 5.56 Å². The third kappa shape index (κ3) is 8.05. The Labute approximate surface area is 238 Å². The molecule has 1 aliphatic rings. The summed E-state index contributed by atoms with van der Waals surface area (Å²) in [6.07, 6.45) is -1.56. The highest BCUT2D eigenvalue weighted by Gasteiger charge is 2.39. The summed E-state index contributed by atoms with van der Waals surface area (Å²) < 4.78 is 36.8. The summed E-state index contributed by atoms with van der Waals surface area (Å²) in [5, 5.41) is 14.8. The molecule has 1 aliphatic heterocycles. The number of esters is 1. The van der Waals surface area contributed by atoms with Crippen LogP contribution in [-0.4, -0.2) is 64.5 Å². The molecule has 4 rings (SSSR count). The van der Waals surface area contributed by atoms with Gasteiger partial charge in [0.25, 0.3) is 5.91 Å². The van der Waals surface area contributed by atoms with Crippen LogP contribution in [0.15, 0.2) is 71.7 Å². The molecule has 3 aromatic rings. The number of carboxylic acids is 1. The van der Waals surface area contributed by atoms with Gasteiger partial charge in [-0.15, -0.1) is 0 Å². The Morgan fingerprint density at radius 3 is 2.29 bits per heavy atom. The monoisotopic (exact) mass is 586 g/mol. The quantitative estimate of drug-likeness (QED) is 0.186. The van der Waals surface area contributed by atoms with Gasteiger partial charge in [0.05, 0.1) is 13.0 Å². The first-order valence-electron chi connectivity index (χ1n) is 12.7. The van der Waals surface area contributed by atoms with E-state index in [1.54, 1.807) is 41.4 Å². The van der Waals surface area contributed by atoms with Crippen molar-refractivity contribution in [3.8, 4) is 11.1 Å². The van der Waals surface area contributed by atoms with E-state index in [9.17, 15) is 27.6 Å². The van der Waals surface area contributed by atoms with Crippen LogP contribution < -0.4 is 11.3 Å². The molecular weight excluding hydrogens is 557 g/mol. The van der Waals surface area contributed by atoms with Crippen LogP contribution in [0.25, 0.3) is 11.1 Å². The fourth-order valence-corrected chi connectivity index (χ4v) is 4.67.